The fourth-order valence-electron chi connectivity index (χ4n) is 1.92. The molecule has 2 N–H and O–H groups in total. The van der Waals surface area contributed by atoms with Crippen LogP contribution in [0.25, 0.3) is 5.57 Å². The molecule has 0 amide bonds. The normalized spacial score (nSPS) is 17.1. The lowest BCUT2D eigenvalue weighted by Crippen LogP contribution is -1.97. The van der Waals surface area contributed by atoms with Crippen LogP contribution >= 0.6 is 0 Å². The number of anilines is 1. The zero-order chi connectivity index (χ0) is 9.54. The van der Waals surface area contributed by atoms with Crippen molar-refractivity contribution in [3.63, 3.8) is 0 Å². The minimum absolute atomic E-state index is 0.778. The van der Waals surface area contributed by atoms with Crippen LogP contribution in [0.1, 0.15) is 12.0 Å². The molecule has 68 valence electrons. The molecule has 0 fully saturated rings. The number of aliphatic imine (C=N–C) groups is 1. The van der Waals surface area contributed by atoms with E-state index in [2.05, 4.69) is 23.2 Å². The Hall–Kier alpha value is -1.83. The van der Waals surface area contributed by atoms with Gasteiger partial charge in [0.1, 0.15) is 0 Å². The van der Waals surface area contributed by atoms with Gasteiger partial charge in [-0.25, -0.2) is 0 Å². The number of nitrogen functional groups attached to an aromatic ring is 1. The number of nitrogens with two attached hydrogens (primary N) is 1. The van der Waals surface area contributed by atoms with Gasteiger partial charge < -0.3 is 5.73 Å². The van der Waals surface area contributed by atoms with E-state index in [1.807, 2.05) is 18.2 Å². The van der Waals surface area contributed by atoms with E-state index in [0.29, 0.717) is 0 Å². The number of nitrogens with zero attached hydrogens (tertiary/aromatic N) is 1. The van der Waals surface area contributed by atoms with E-state index in [1.165, 1.54) is 11.1 Å². The standard InChI is InChI=1S/C12H10N2/c13-8-5-6-10-9-3-1-2-4-11(9)14-12(10)7-8/h1-3,5-7H,4,13H2. The molecule has 0 bridgehead atoms. The Morgan fingerprint density at radius 1 is 1.29 bits per heavy atom. The van der Waals surface area contributed by atoms with E-state index < -0.39 is 0 Å². The molecular weight excluding hydrogens is 172 g/mol. The van der Waals surface area contributed by atoms with Gasteiger partial charge in [0.15, 0.2) is 0 Å². The molecule has 0 saturated heterocycles. The Morgan fingerprint density at radius 3 is 3.14 bits per heavy atom. The number of hydrogen-bond acceptors (Lipinski definition) is 2. The predicted octanol–water partition coefficient (Wildman–Crippen LogP) is 2.70. The van der Waals surface area contributed by atoms with Gasteiger partial charge in [0.25, 0.3) is 0 Å². The largest absolute Gasteiger partial charge is 0.399 e. The highest BCUT2D eigenvalue weighted by atomic mass is 14.8. The quantitative estimate of drug-likeness (QED) is 0.615. The van der Waals surface area contributed by atoms with E-state index in [0.717, 1.165) is 23.5 Å². The van der Waals surface area contributed by atoms with Crippen LogP contribution < -0.4 is 5.73 Å². The van der Waals surface area contributed by atoms with Crippen molar-refractivity contribution >= 4 is 22.7 Å². The van der Waals surface area contributed by atoms with Crippen LogP contribution in [0.3, 0.4) is 0 Å². The first-order valence-electron chi connectivity index (χ1n) is 4.69. The van der Waals surface area contributed by atoms with Crippen LogP contribution in [0.5, 0.6) is 0 Å². The summed E-state index contributed by atoms with van der Waals surface area (Å²) in [5, 5.41) is 0. The molecule has 1 aliphatic heterocycles. The van der Waals surface area contributed by atoms with Crippen molar-refractivity contribution in [1.29, 1.82) is 0 Å². The molecule has 0 aromatic heterocycles. The molecule has 14 heavy (non-hydrogen) atoms. The molecular formula is C12H10N2. The van der Waals surface area contributed by atoms with Gasteiger partial charge in [0.05, 0.1) is 11.4 Å². The average Bonchev–Trinajstić information content (AvgIpc) is 2.54. The summed E-state index contributed by atoms with van der Waals surface area (Å²) in [6, 6.07) is 5.91. The van der Waals surface area contributed by atoms with Crippen LogP contribution in [-0.4, -0.2) is 5.71 Å². The number of allylic oxidation sites excluding steroid dienone is 4. The molecule has 2 heteroatoms. The monoisotopic (exact) mass is 182 g/mol. The Morgan fingerprint density at radius 2 is 2.21 bits per heavy atom. The third-order valence-electron chi connectivity index (χ3n) is 2.59. The van der Waals surface area contributed by atoms with Crippen molar-refractivity contribution in [2.24, 2.45) is 4.99 Å². The molecule has 0 unspecified atom stereocenters. The lowest BCUT2D eigenvalue weighted by molar-refractivity contribution is 1.44. The summed E-state index contributed by atoms with van der Waals surface area (Å²) in [5.74, 6) is 0. The van der Waals surface area contributed by atoms with Gasteiger partial charge in [-0.2, -0.15) is 0 Å². The van der Waals surface area contributed by atoms with Gasteiger partial charge in [0.2, 0.25) is 0 Å². The second kappa shape index (κ2) is 2.58. The first kappa shape index (κ1) is 7.56. The first-order valence-corrected chi connectivity index (χ1v) is 4.69. The van der Waals surface area contributed by atoms with Crippen molar-refractivity contribution in [2.75, 3.05) is 5.73 Å². The highest BCUT2D eigenvalue weighted by Crippen LogP contribution is 2.38. The lowest BCUT2D eigenvalue weighted by atomic mass is 9.97. The second-order valence-electron chi connectivity index (χ2n) is 3.55. The van der Waals surface area contributed by atoms with Gasteiger partial charge in [0, 0.05) is 23.2 Å². The SMILES string of the molecule is Nc1ccc2c(c1)N=C1CC=CC=C12. The molecule has 0 spiro atoms. The van der Waals surface area contributed by atoms with Crippen LogP contribution in [0.4, 0.5) is 11.4 Å². The van der Waals surface area contributed by atoms with Gasteiger partial charge in [-0.3, -0.25) is 4.99 Å². The van der Waals surface area contributed by atoms with Crippen LogP contribution in [0.2, 0.25) is 0 Å². The molecule has 0 saturated carbocycles. The van der Waals surface area contributed by atoms with E-state index in [-0.39, 0.29) is 0 Å². The van der Waals surface area contributed by atoms with Crippen molar-refractivity contribution in [2.45, 2.75) is 6.42 Å². The second-order valence-corrected chi connectivity index (χ2v) is 3.55. The zero-order valence-corrected chi connectivity index (χ0v) is 7.70. The minimum Gasteiger partial charge on any atom is -0.399 e. The Balaban J connectivity index is 2.24. The topological polar surface area (TPSA) is 38.4 Å². The van der Waals surface area contributed by atoms with E-state index in [9.17, 15) is 0 Å². The molecule has 3 rings (SSSR count). The summed E-state index contributed by atoms with van der Waals surface area (Å²) in [6.45, 7) is 0. The highest BCUT2D eigenvalue weighted by molar-refractivity contribution is 6.30. The first-order chi connectivity index (χ1) is 6.84. The van der Waals surface area contributed by atoms with Crippen LogP contribution in [0, 0.1) is 0 Å². The average molecular weight is 182 g/mol. The van der Waals surface area contributed by atoms with Crippen molar-refractivity contribution < 1.29 is 0 Å². The number of fused-ring (bicyclic) bond motifs is 3. The van der Waals surface area contributed by atoms with Gasteiger partial charge in [-0.1, -0.05) is 24.3 Å². The summed E-state index contributed by atoms with van der Waals surface area (Å²) in [5.41, 5.74) is 11.1. The fourth-order valence-corrected chi connectivity index (χ4v) is 1.92. The molecule has 1 aromatic carbocycles. The zero-order valence-electron chi connectivity index (χ0n) is 7.70. The predicted molar refractivity (Wildman–Crippen MR) is 59.7 cm³/mol. The fraction of sp³-hybridized carbons (Fsp3) is 0.0833. The Labute approximate surface area is 82.5 Å². The summed E-state index contributed by atoms with van der Waals surface area (Å²) in [4.78, 5) is 4.55. The smallest absolute Gasteiger partial charge is 0.0732 e. The Bertz CT molecular complexity index is 493. The molecule has 0 atom stereocenters. The minimum atomic E-state index is 0.778. The Kier molecular flexibility index (Phi) is 1.39. The van der Waals surface area contributed by atoms with E-state index in [1.54, 1.807) is 0 Å². The molecule has 1 heterocycles. The summed E-state index contributed by atoms with van der Waals surface area (Å²) in [7, 11) is 0. The number of benzene rings is 1. The van der Waals surface area contributed by atoms with Crippen LogP contribution in [0.15, 0.2) is 41.4 Å². The van der Waals surface area contributed by atoms with Gasteiger partial charge in [-0.15, -0.1) is 0 Å². The summed E-state index contributed by atoms with van der Waals surface area (Å²) < 4.78 is 0. The maximum Gasteiger partial charge on any atom is 0.0732 e. The third kappa shape index (κ3) is 0.940. The molecule has 0 radical (unpaired) electrons. The third-order valence-corrected chi connectivity index (χ3v) is 2.59. The highest BCUT2D eigenvalue weighted by Gasteiger charge is 2.20. The van der Waals surface area contributed by atoms with E-state index in [4.69, 9.17) is 5.73 Å². The molecule has 2 nitrogen and oxygen atoms in total. The number of hydrogen-bond donors (Lipinski definition) is 1. The molecule has 1 aliphatic carbocycles. The molecule has 2 aliphatic rings. The van der Waals surface area contributed by atoms with Crippen molar-refractivity contribution in [3.05, 3.63) is 42.0 Å². The maximum absolute atomic E-state index is 5.72. The van der Waals surface area contributed by atoms with E-state index >= 15 is 0 Å². The number of rotatable bonds is 0. The molecule has 1 aromatic rings. The summed E-state index contributed by atoms with van der Waals surface area (Å²) in [6.07, 6.45) is 7.25. The lowest BCUT2D eigenvalue weighted by Gasteiger charge is -2.05. The summed E-state index contributed by atoms with van der Waals surface area (Å²) >= 11 is 0. The van der Waals surface area contributed by atoms with Gasteiger partial charge in [-0.05, 0) is 12.1 Å². The van der Waals surface area contributed by atoms with Crippen LogP contribution in [-0.2, 0) is 0 Å². The maximum atomic E-state index is 5.72. The van der Waals surface area contributed by atoms with Crippen molar-refractivity contribution in [3.8, 4) is 0 Å². The van der Waals surface area contributed by atoms with Crippen molar-refractivity contribution in [1.82, 2.24) is 0 Å². The van der Waals surface area contributed by atoms with Gasteiger partial charge >= 0.3 is 0 Å².